The number of nitrogens with zero attached hydrogens (tertiary/aromatic N) is 1. The summed E-state index contributed by atoms with van der Waals surface area (Å²) in [7, 11) is 0. The van der Waals surface area contributed by atoms with Crippen LogP contribution in [0, 0.1) is 0 Å². The number of aromatic nitrogens is 1. The summed E-state index contributed by atoms with van der Waals surface area (Å²) in [5.41, 5.74) is 1.11. The quantitative estimate of drug-likeness (QED) is 0.897. The van der Waals surface area contributed by atoms with Crippen LogP contribution in [0.4, 0.5) is 0 Å². The van der Waals surface area contributed by atoms with Crippen molar-refractivity contribution in [2.75, 3.05) is 13.1 Å². The van der Waals surface area contributed by atoms with Gasteiger partial charge in [-0.15, -0.1) is 11.3 Å². The van der Waals surface area contributed by atoms with Crippen LogP contribution in [-0.4, -0.2) is 36.1 Å². The van der Waals surface area contributed by atoms with Crippen LogP contribution in [0.2, 0.25) is 0 Å². The van der Waals surface area contributed by atoms with E-state index < -0.39 is 0 Å². The third-order valence-electron chi connectivity index (χ3n) is 5.15. The predicted molar refractivity (Wildman–Crippen MR) is 92.9 cm³/mol. The SMILES string of the molecule is C[C@H](C(=O)NC1CC1)[NH+]1CCC[C@H](c2nc3ccccc3s2)C1. The van der Waals surface area contributed by atoms with Gasteiger partial charge in [-0.1, -0.05) is 12.1 Å². The molecule has 0 radical (unpaired) electrons. The van der Waals surface area contributed by atoms with E-state index in [1.54, 1.807) is 0 Å². The number of amides is 1. The van der Waals surface area contributed by atoms with Crippen molar-refractivity contribution >= 4 is 27.5 Å². The zero-order chi connectivity index (χ0) is 15.8. The van der Waals surface area contributed by atoms with Crippen molar-refractivity contribution in [3.8, 4) is 0 Å². The topological polar surface area (TPSA) is 46.4 Å². The van der Waals surface area contributed by atoms with Gasteiger partial charge in [-0.2, -0.15) is 0 Å². The average Bonchev–Trinajstić information content (AvgIpc) is 3.28. The number of carbonyl (C=O) groups excluding carboxylic acids is 1. The lowest BCUT2D eigenvalue weighted by Crippen LogP contribution is -3.18. The summed E-state index contributed by atoms with van der Waals surface area (Å²) >= 11 is 1.82. The minimum atomic E-state index is 0.0489. The number of fused-ring (bicyclic) bond motifs is 1. The van der Waals surface area contributed by atoms with Gasteiger partial charge < -0.3 is 10.2 Å². The first kappa shape index (κ1) is 15.1. The van der Waals surface area contributed by atoms with Gasteiger partial charge in [-0.25, -0.2) is 4.98 Å². The Bertz CT molecular complexity index is 676. The van der Waals surface area contributed by atoms with Crippen LogP contribution in [0.1, 0.15) is 43.5 Å². The van der Waals surface area contributed by atoms with Crippen LogP contribution >= 0.6 is 11.3 Å². The van der Waals surface area contributed by atoms with Gasteiger partial charge in [-0.05, 0) is 44.7 Å². The summed E-state index contributed by atoms with van der Waals surface area (Å²) < 4.78 is 1.27. The number of likely N-dealkylation sites (tertiary alicyclic amines) is 1. The second kappa shape index (κ2) is 6.21. The molecule has 2 heterocycles. The van der Waals surface area contributed by atoms with Crippen molar-refractivity contribution in [3.05, 3.63) is 29.3 Å². The van der Waals surface area contributed by atoms with Crippen molar-refractivity contribution in [1.82, 2.24) is 10.3 Å². The fourth-order valence-electron chi connectivity index (χ4n) is 3.50. The number of para-hydroxylation sites is 1. The molecule has 1 saturated carbocycles. The molecule has 1 aromatic carbocycles. The molecule has 1 aliphatic heterocycles. The van der Waals surface area contributed by atoms with Gasteiger partial charge in [0, 0.05) is 6.04 Å². The maximum Gasteiger partial charge on any atom is 0.278 e. The van der Waals surface area contributed by atoms with Gasteiger partial charge in [0.2, 0.25) is 0 Å². The Morgan fingerprint density at radius 3 is 2.96 bits per heavy atom. The van der Waals surface area contributed by atoms with Gasteiger partial charge in [0.1, 0.15) is 5.01 Å². The average molecular weight is 330 g/mol. The standard InChI is InChI=1S/C18H23N3OS/c1-12(17(22)19-14-8-9-14)21-10-4-5-13(11-21)18-20-15-6-2-3-7-16(15)23-18/h2-3,6-7,12-14H,4-5,8-11H2,1H3,(H,19,22)/p+1/t12-,13+/m1/s1. The molecule has 0 spiro atoms. The van der Waals surface area contributed by atoms with E-state index in [1.807, 2.05) is 11.3 Å². The molecular formula is C18H24N3OS+. The molecule has 2 aromatic rings. The number of thiazole rings is 1. The molecule has 4 nitrogen and oxygen atoms in total. The Balaban J connectivity index is 1.46. The highest BCUT2D eigenvalue weighted by molar-refractivity contribution is 7.18. The molecule has 1 aromatic heterocycles. The Kier molecular flexibility index (Phi) is 4.07. The molecule has 3 atom stereocenters. The van der Waals surface area contributed by atoms with Gasteiger partial charge >= 0.3 is 0 Å². The summed E-state index contributed by atoms with van der Waals surface area (Å²) in [4.78, 5) is 18.6. The molecule has 122 valence electrons. The molecule has 5 heteroatoms. The van der Waals surface area contributed by atoms with Crippen LogP contribution < -0.4 is 10.2 Å². The van der Waals surface area contributed by atoms with Crippen LogP contribution in [-0.2, 0) is 4.79 Å². The number of nitrogens with one attached hydrogen (secondary N) is 2. The van der Waals surface area contributed by atoms with Gasteiger partial charge in [0.05, 0.1) is 29.2 Å². The maximum absolute atomic E-state index is 12.3. The monoisotopic (exact) mass is 330 g/mol. The minimum absolute atomic E-state index is 0.0489. The molecule has 0 bridgehead atoms. The molecule has 2 N–H and O–H groups in total. The van der Waals surface area contributed by atoms with Crippen molar-refractivity contribution < 1.29 is 9.69 Å². The summed E-state index contributed by atoms with van der Waals surface area (Å²) in [6.07, 6.45) is 4.68. The number of carbonyl (C=O) groups is 1. The number of hydrogen-bond acceptors (Lipinski definition) is 3. The summed E-state index contributed by atoms with van der Waals surface area (Å²) in [5.74, 6) is 0.722. The second-order valence-electron chi connectivity index (χ2n) is 6.98. The summed E-state index contributed by atoms with van der Waals surface area (Å²) in [5, 5.41) is 4.40. The Hall–Kier alpha value is -1.46. The first-order valence-electron chi connectivity index (χ1n) is 8.71. The number of piperidine rings is 1. The highest BCUT2D eigenvalue weighted by Crippen LogP contribution is 2.30. The molecule has 4 rings (SSSR count). The number of benzene rings is 1. The van der Waals surface area contributed by atoms with Crippen molar-refractivity contribution in [2.24, 2.45) is 0 Å². The van der Waals surface area contributed by atoms with Crippen LogP contribution in [0.5, 0.6) is 0 Å². The highest BCUT2D eigenvalue weighted by atomic mass is 32.1. The lowest BCUT2D eigenvalue weighted by atomic mass is 9.97. The second-order valence-corrected chi connectivity index (χ2v) is 8.04. The van der Waals surface area contributed by atoms with E-state index in [0.29, 0.717) is 12.0 Å². The lowest BCUT2D eigenvalue weighted by Gasteiger charge is -2.32. The third kappa shape index (κ3) is 3.26. The lowest BCUT2D eigenvalue weighted by molar-refractivity contribution is -0.920. The fraction of sp³-hybridized carbons (Fsp3) is 0.556. The first-order chi connectivity index (χ1) is 11.2. The van der Waals surface area contributed by atoms with Gasteiger partial charge in [-0.3, -0.25) is 4.79 Å². The number of hydrogen-bond donors (Lipinski definition) is 2. The Morgan fingerprint density at radius 2 is 2.17 bits per heavy atom. The van der Waals surface area contributed by atoms with Crippen LogP contribution in [0.15, 0.2) is 24.3 Å². The molecule has 1 amide bonds. The van der Waals surface area contributed by atoms with Gasteiger partial charge in [0.25, 0.3) is 5.91 Å². The van der Waals surface area contributed by atoms with Crippen molar-refractivity contribution in [2.45, 2.75) is 50.6 Å². The van der Waals surface area contributed by atoms with E-state index in [1.165, 1.54) is 27.4 Å². The van der Waals surface area contributed by atoms with E-state index in [-0.39, 0.29) is 11.9 Å². The number of rotatable bonds is 4. The van der Waals surface area contributed by atoms with Crippen molar-refractivity contribution in [1.29, 1.82) is 0 Å². The molecule has 1 saturated heterocycles. The third-order valence-corrected chi connectivity index (χ3v) is 6.35. The van der Waals surface area contributed by atoms with E-state index >= 15 is 0 Å². The van der Waals surface area contributed by atoms with E-state index in [9.17, 15) is 4.79 Å². The largest absolute Gasteiger partial charge is 0.348 e. The Labute approximate surface area is 140 Å². The first-order valence-corrected chi connectivity index (χ1v) is 9.53. The molecule has 1 aliphatic carbocycles. The smallest absolute Gasteiger partial charge is 0.278 e. The molecule has 1 unspecified atom stereocenters. The van der Waals surface area contributed by atoms with Crippen molar-refractivity contribution in [3.63, 3.8) is 0 Å². The zero-order valence-electron chi connectivity index (χ0n) is 13.5. The molecule has 2 fully saturated rings. The maximum atomic E-state index is 12.3. The van der Waals surface area contributed by atoms with Gasteiger partial charge in [0.15, 0.2) is 6.04 Å². The molecule has 23 heavy (non-hydrogen) atoms. The Morgan fingerprint density at radius 1 is 1.35 bits per heavy atom. The highest BCUT2D eigenvalue weighted by Gasteiger charge is 2.35. The summed E-state index contributed by atoms with van der Waals surface area (Å²) in [6.45, 7) is 4.20. The van der Waals surface area contributed by atoms with Crippen LogP contribution in [0.25, 0.3) is 10.2 Å². The van der Waals surface area contributed by atoms with E-state index in [0.717, 1.165) is 31.4 Å². The zero-order valence-corrected chi connectivity index (χ0v) is 14.4. The minimum Gasteiger partial charge on any atom is -0.348 e. The predicted octanol–water partition coefficient (Wildman–Crippen LogP) is 1.73. The molecular weight excluding hydrogens is 306 g/mol. The number of quaternary nitrogens is 1. The fourth-order valence-corrected chi connectivity index (χ4v) is 4.61. The summed E-state index contributed by atoms with van der Waals surface area (Å²) in [6, 6.07) is 8.87. The van der Waals surface area contributed by atoms with Crippen LogP contribution in [0.3, 0.4) is 0 Å². The normalized spacial score (nSPS) is 26.1. The van der Waals surface area contributed by atoms with E-state index in [2.05, 4.69) is 36.5 Å². The molecule has 2 aliphatic rings. The van der Waals surface area contributed by atoms with E-state index in [4.69, 9.17) is 4.98 Å².